The maximum Gasteiger partial charge on any atom is 0.240 e. The largest absolute Gasteiger partial charge is 0.454 e. The summed E-state index contributed by atoms with van der Waals surface area (Å²) < 4.78 is 11.4. The topological polar surface area (TPSA) is 89.0 Å². The summed E-state index contributed by atoms with van der Waals surface area (Å²) in [5.41, 5.74) is 3.95. The molecular formula is C19H18BrN3O4. The number of nitrogens with zero attached hydrogens (tertiary/aromatic N) is 1. The molecule has 0 spiro atoms. The molecular weight excluding hydrogens is 414 g/mol. The van der Waals surface area contributed by atoms with Crippen molar-refractivity contribution in [1.29, 1.82) is 0 Å². The molecule has 0 fully saturated rings. The van der Waals surface area contributed by atoms with Gasteiger partial charge in [-0.2, -0.15) is 5.10 Å². The Bertz CT molecular complexity index is 870. The summed E-state index contributed by atoms with van der Waals surface area (Å²) in [6, 6.07) is 12.7. The van der Waals surface area contributed by atoms with Gasteiger partial charge in [0.25, 0.3) is 0 Å². The summed E-state index contributed by atoms with van der Waals surface area (Å²) in [5.74, 6) is 0.964. The number of hydrogen-bond donors (Lipinski definition) is 2. The van der Waals surface area contributed by atoms with Gasteiger partial charge in [0.2, 0.25) is 18.6 Å². The molecule has 2 aromatic rings. The van der Waals surface area contributed by atoms with Gasteiger partial charge in [-0.25, -0.2) is 5.43 Å². The quantitative estimate of drug-likeness (QED) is 0.518. The number of benzene rings is 2. The average Bonchev–Trinajstić information content (AvgIpc) is 3.09. The molecule has 3 rings (SSSR count). The molecule has 8 heteroatoms. The van der Waals surface area contributed by atoms with Crippen LogP contribution in [-0.2, 0) is 9.59 Å². The number of carbonyl (C=O) groups excluding carboxylic acids is 2. The van der Waals surface area contributed by atoms with Crippen molar-refractivity contribution in [3.05, 3.63) is 52.5 Å². The van der Waals surface area contributed by atoms with Crippen LogP contribution < -0.4 is 20.2 Å². The molecule has 0 aliphatic carbocycles. The maximum atomic E-state index is 11.9. The number of anilines is 1. The van der Waals surface area contributed by atoms with Gasteiger partial charge in [0.05, 0.1) is 6.21 Å². The normalized spacial score (nSPS) is 12.2. The lowest BCUT2D eigenvalue weighted by Gasteiger charge is -2.05. The van der Waals surface area contributed by atoms with Crippen LogP contribution in [-0.4, -0.2) is 24.8 Å². The minimum atomic E-state index is -0.248. The van der Waals surface area contributed by atoms with Gasteiger partial charge in [0, 0.05) is 23.0 Å². The molecule has 0 saturated heterocycles. The zero-order valence-electron chi connectivity index (χ0n) is 14.4. The first-order valence-electron chi connectivity index (χ1n) is 8.37. The number of hydrazone groups is 1. The monoisotopic (exact) mass is 431 g/mol. The van der Waals surface area contributed by atoms with E-state index in [1.54, 1.807) is 18.2 Å². The Hall–Kier alpha value is -2.87. The maximum absolute atomic E-state index is 11.9. The van der Waals surface area contributed by atoms with Crippen molar-refractivity contribution in [2.75, 3.05) is 12.1 Å². The third kappa shape index (κ3) is 5.82. The highest BCUT2D eigenvalue weighted by molar-refractivity contribution is 9.10. The molecule has 1 aliphatic rings. The van der Waals surface area contributed by atoms with E-state index in [0.717, 1.165) is 10.0 Å². The number of amides is 2. The van der Waals surface area contributed by atoms with Crippen molar-refractivity contribution in [2.45, 2.75) is 19.3 Å². The van der Waals surface area contributed by atoms with Crippen LogP contribution in [0.15, 0.2) is 52.0 Å². The van der Waals surface area contributed by atoms with Crippen molar-refractivity contribution in [2.24, 2.45) is 5.10 Å². The molecule has 0 aromatic heterocycles. The molecule has 0 bridgehead atoms. The second-order valence-corrected chi connectivity index (χ2v) is 6.73. The SMILES string of the molecule is O=C(CCCC(=O)Nc1cccc(Br)c1)NN=Cc1ccc2c(c1)OCO2. The standard InChI is InChI=1S/C19H18BrN3O4/c20-14-3-1-4-15(10-14)22-18(24)5-2-6-19(25)23-21-11-13-7-8-16-17(9-13)27-12-26-16/h1,3-4,7-11H,2,5-6,12H2,(H,22,24)(H,23,25). The van der Waals surface area contributed by atoms with Crippen LogP contribution in [0.25, 0.3) is 0 Å². The van der Waals surface area contributed by atoms with E-state index in [2.05, 4.69) is 31.8 Å². The Morgan fingerprint density at radius 3 is 2.74 bits per heavy atom. The fourth-order valence-electron chi connectivity index (χ4n) is 2.43. The number of nitrogens with one attached hydrogen (secondary N) is 2. The van der Waals surface area contributed by atoms with Gasteiger partial charge < -0.3 is 14.8 Å². The Morgan fingerprint density at radius 1 is 1.07 bits per heavy atom. The van der Waals surface area contributed by atoms with Crippen molar-refractivity contribution in [3.63, 3.8) is 0 Å². The molecule has 27 heavy (non-hydrogen) atoms. The van der Waals surface area contributed by atoms with Crippen LogP contribution in [0.5, 0.6) is 11.5 Å². The molecule has 1 heterocycles. The van der Waals surface area contributed by atoms with Crippen molar-refractivity contribution in [1.82, 2.24) is 5.43 Å². The van der Waals surface area contributed by atoms with Gasteiger partial charge in [0.1, 0.15) is 0 Å². The van der Waals surface area contributed by atoms with E-state index in [9.17, 15) is 9.59 Å². The van der Waals surface area contributed by atoms with Crippen LogP contribution in [0.1, 0.15) is 24.8 Å². The summed E-state index contributed by atoms with van der Waals surface area (Å²) in [5, 5.41) is 6.70. The van der Waals surface area contributed by atoms with Gasteiger partial charge in [-0.1, -0.05) is 22.0 Å². The molecule has 7 nitrogen and oxygen atoms in total. The highest BCUT2D eigenvalue weighted by Crippen LogP contribution is 2.31. The van der Waals surface area contributed by atoms with E-state index in [4.69, 9.17) is 9.47 Å². The van der Waals surface area contributed by atoms with E-state index >= 15 is 0 Å². The number of fused-ring (bicyclic) bond motifs is 1. The predicted molar refractivity (Wildman–Crippen MR) is 105 cm³/mol. The van der Waals surface area contributed by atoms with Crippen LogP contribution in [0.3, 0.4) is 0 Å². The first kappa shape index (κ1) is 18.9. The minimum Gasteiger partial charge on any atom is -0.454 e. The Labute approximate surface area is 164 Å². The van der Waals surface area contributed by atoms with E-state index in [1.165, 1.54) is 6.21 Å². The molecule has 0 unspecified atom stereocenters. The number of ether oxygens (including phenoxy) is 2. The zero-order chi connectivity index (χ0) is 19.1. The van der Waals surface area contributed by atoms with Gasteiger partial charge in [-0.3, -0.25) is 9.59 Å². The highest BCUT2D eigenvalue weighted by atomic mass is 79.9. The zero-order valence-corrected chi connectivity index (χ0v) is 16.0. The lowest BCUT2D eigenvalue weighted by Crippen LogP contribution is -2.18. The van der Waals surface area contributed by atoms with Crippen LogP contribution in [0, 0.1) is 0 Å². The first-order valence-corrected chi connectivity index (χ1v) is 9.16. The molecule has 2 aromatic carbocycles. The summed E-state index contributed by atoms with van der Waals surface area (Å²) in [6.45, 7) is 0.210. The summed E-state index contributed by atoms with van der Waals surface area (Å²) in [4.78, 5) is 23.7. The van der Waals surface area contributed by atoms with E-state index < -0.39 is 0 Å². The van der Waals surface area contributed by atoms with Crippen molar-refractivity contribution >= 4 is 39.6 Å². The van der Waals surface area contributed by atoms with Crippen molar-refractivity contribution < 1.29 is 19.1 Å². The third-order valence-corrected chi connectivity index (χ3v) is 4.21. The molecule has 140 valence electrons. The van der Waals surface area contributed by atoms with Gasteiger partial charge in [0.15, 0.2) is 11.5 Å². The van der Waals surface area contributed by atoms with Gasteiger partial charge >= 0.3 is 0 Å². The van der Waals surface area contributed by atoms with Crippen LogP contribution in [0.2, 0.25) is 0 Å². The molecule has 2 N–H and O–H groups in total. The van der Waals surface area contributed by atoms with Gasteiger partial charge in [-0.05, 0) is 48.4 Å². The van der Waals surface area contributed by atoms with Crippen molar-refractivity contribution in [3.8, 4) is 11.5 Å². The highest BCUT2D eigenvalue weighted by Gasteiger charge is 2.12. The first-order chi connectivity index (χ1) is 13.1. The fourth-order valence-corrected chi connectivity index (χ4v) is 2.83. The summed E-state index contributed by atoms with van der Waals surface area (Å²) in [7, 11) is 0. The third-order valence-electron chi connectivity index (χ3n) is 3.72. The Kier molecular flexibility index (Phi) is 6.43. The molecule has 0 radical (unpaired) electrons. The summed E-state index contributed by atoms with van der Waals surface area (Å²) in [6.07, 6.45) is 2.43. The Morgan fingerprint density at radius 2 is 1.89 bits per heavy atom. The Balaban J connectivity index is 1.36. The average molecular weight is 432 g/mol. The van der Waals surface area contributed by atoms with Crippen LogP contribution >= 0.6 is 15.9 Å². The van der Waals surface area contributed by atoms with Gasteiger partial charge in [-0.15, -0.1) is 0 Å². The van der Waals surface area contributed by atoms with E-state index in [0.29, 0.717) is 23.6 Å². The smallest absolute Gasteiger partial charge is 0.240 e. The lowest BCUT2D eigenvalue weighted by molar-refractivity contribution is -0.121. The number of rotatable bonds is 7. The summed E-state index contributed by atoms with van der Waals surface area (Å²) >= 11 is 3.35. The van der Waals surface area contributed by atoms with E-state index in [1.807, 2.05) is 24.3 Å². The van der Waals surface area contributed by atoms with E-state index in [-0.39, 0.29) is 31.4 Å². The molecule has 0 atom stereocenters. The molecule has 0 saturated carbocycles. The predicted octanol–water partition coefficient (Wildman–Crippen LogP) is 3.44. The number of carbonyl (C=O) groups is 2. The molecule has 2 amide bonds. The fraction of sp³-hybridized carbons (Fsp3) is 0.211. The van der Waals surface area contributed by atoms with Crippen LogP contribution in [0.4, 0.5) is 5.69 Å². The second-order valence-electron chi connectivity index (χ2n) is 5.82. The lowest BCUT2D eigenvalue weighted by atomic mass is 10.2. The number of halogens is 1. The molecule has 1 aliphatic heterocycles. The minimum absolute atomic E-state index is 0.134. The number of hydrogen-bond acceptors (Lipinski definition) is 5. The second kappa shape index (κ2) is 9.18.